The summed E-state index contributed by atoms with van der Waals surface area (Å²) in [6.07, 6.45) is 4.50. The Hall–Kier alpha value is -1.52. The number of nitrogens with one attached hydrogen (secondary N) is 2. The summed E-state index contributed by atoms with van der Waals surface area (Å²) in [6, 6.07) is 0.151. The second kappa shape index (κ2) is 7.16. The van der Waals surface area contributed by atoms with E-state index in [1.54, 1.807) is 0 Å². The highest BCUT2D eigenvalue weighted by Crippen LogP contribution is 2.22. The molecule has 1 unspecified atom stereocenters. The van der Waals surface area contributed by atoms with Gasteiger partial charge in [0.15, 0.2) is 5.69 Å². The van der Waals surface area contributed by atoms with E-state index in [4.69, 9.17) is 5.73 Å². The number of carbonyl (C=O) groups excluding carboxylic acids is 1. The van der Waals surface area contributed by atoms with Gasteiger partial charge in [-0.3, -0.25) is 9.89 Å². The molecule has 0 bridgehead atoms. The highest BCUT2D eigenvalue weighted by molar-refractivity contribution is 5.97. The van der Waals surface area contributed by atoms with Gasteiger partial charge in [-0.15, -0.1) is 0 Å². The summed E-state index contributed by atoms with van der Waals surface area (Å²) in [4.78, 5) is 12.1. The minimum absolute atomic E-state index is 0.151. The lowest BCUT2D eigenvalue weighted by molar-refractivity contribution is 0.0933. The molecule has 108 valence electrons. The molecule has 4 N–H and O–H groups in total. The standard InChI is InChI=1S/C14H26N4O/c1-5-6-7-8-10(4)16-14(19)13-11(15)12(9(2)3)17-18-13/h9-10H,5-8,15H2,1-4H3,(H,16,19)(H,17,18). The first-order valence-electron chi connectivity index (χ1n) is 7.11. The number of carbonyl (C=O) groups is 1. The number of aromatic amines is 1. The smallest absolute Gasteiger partial charge is 0.274 e. The van der Waals surface area contributed by atoms with Gasteiger partial charge in [-0.25, -0.2) is 0 Å². The Balaban J connectivity index is 2.58. The number of aromatic nitrogens is 2. The molecular weight excluding hydrogens is 240 g/mol. The number of H-pyrrole nitrogens is 1. The number of hydrogen-bond acceptors (Lipinski definition) is 3. The van der Waals surface area contributed by atoms with Crippen molar-refractivity contribution in [3.8, 4) is 0 Å². The van der Waals surface area contributed by atoms with Crippen LogP contribution in [0.15, 0.2) is 0 Å². The number of unbranched alkanes of at least 4 members (excludes halogenated alkanes) is 2. The van der Waals surface area contributed by atoms with Crippen LogP contribution in [-0.4, -0.2) is 22.1 Å². The van der Waals surface area contributed by atoms with Gasteiger partial charge in [0, 0.05) is 6.04 Å². The Bertz CT molecular complexity index is 412. The van der Waals surface area contributed by atoms with Crippen LogP contribution in [0.2, 0.25) is 0 Å². The SMILES string of the molecule is CCCCCC(C)NC(=O)c1n[nH]c(C(C)C)c1N. The van der Waals surface area contributed by atoms with Crippen molar-refractivity contribution in [1.82, 2.24) is 15.5 Å². The molecule has 1 aromatic rings. The zero-order valence-electron chi connectivity index (χ0n) is 12.4. The number of nitrogen functional groups attached to an aromatic ring is 1. The molecule has 1 heterocycles. The van der Waals surface area contributed by atoms with Gasteiger partial charge in [-0.05, 0) is 19.3 Å². The van der Waals surface area contributed by atoms with Gasteiger partial charge in [0.05, 0.1) is 11.4 Å². The van der Waals surface area contributed by atoms with Crippen molar-refractivity contribution < 1.29 is 4.79 Å². The molecule has 0 fully saturated rings. The van der Waals surface area contributed by atoms with Gasteiger partial charge in [0.2, 0.25) is 0 Å². The topological polar surface area (TPSA) is 83.8 Å². The summed E-state index contributed by atoms with van der Waals surface area (Å²) in [6.45, 7) is 8.21. The minimum atomic E-state index is -0.190. The van der Waals surface area contributed by atoms with Crippen LogP contribution in [0.1, 0.15) is 75.5 Å². The summed E-state index contributed by atoms with van der Waals surface area (Å²) >= 11 is 0. The van der Waals surface area contributed by atoms with Crippen LogP contribution in [-0.2, 0) is 0 Å². The van der Waals surface area contributed by atoms with Gasteiger partial charge in [0.25, 0.3) is 5.91 Å². The Morgan fingerprint density at radius 2 is 2.05 bits per heavy atom. The van der Waals surface area contributed by atoms with Crippen molar-refractivity contribution in [3.05, 3.63) is 11.4 Å². The lowest BCUT2D eigenvalue weighted by Gasteiger charge is -2.12. The van der Waals surface area contributed by atoms with Gasteiger partial charge < -0.3 is 11.1 Å². The Morgan fingerprint density at radius 1 is 1.37 bits per heavy atom. The summed E-state index contributed by atoms with van der Waals surface area (Å²) < 4.78 is 0. The first-order valence-corrected chi connectivity index (χ1v) is 7.11. The van der Waals surface area contributed by atoms with Gasteiger partial charge in [0.1, 0.15) is 0 Å². The quantitative estimate of drug-likeness (QED) is 0.663. The first kappa shape index (κ1) is 15.5. The average molecular weight is 266 g/mol. The van der Waals surface area contributed by atoms with Crippen LogP contribution in [0.25, 0.3) is 0 Å². The molecule has 1 rings (SSSR count). The zero-order valence-corrected chi connectivity index (χ0v) is 12.4. The Morgan fingerprint density at radius 3 is 2.58 bits per heavy atom. The summed E-state index contributed by atoms with van der Waals surface area (Å²) in [5, 5.41) is 9.82. The van der Waals surface area contributed by atoms with Crippen molar-refractivity contribution in [2.45, 2.75) is 65.3 Å². The Labute approximate surface area is 115 Å². The Kier molecular flexibility index (Phi) is 5.86. The molecule has 0 aliphatic rings. The van der Waals surface area contributed by atoms with E-state index in [-0.39, 0.29) is 17.9 Å². The molecule has 5 nitrogen and oxygen atoms in total. The van der Waals surface area contributed by atoms with E-state index in [1.807, 2.05) is 20.8 Å². The zero-order chi connectivity index (χ0) is 14.4. The second-order valence-corrected chi connectivity index (χ2v) is 5.42. The minimum Gasteiger partial charge on any atom is -0.395 e. The fourth-order valence-electron chi connectivity index (χ4n) is 2.04. The second-order valence-electron chi connectivity index (χ2n) is 5.42. The predicted octanol–water partition coefficient (Wildman–Crippen LogP) is 2.81. The van der Waals surface area contributed by atoms with Crippen LogP contribution in [0.4, 0.5) is 5.69 Å². The van der Waals surface area contributed by atoms with E-state index in [9.17, 15) is 4.79 Å². The van der Waals surface area contributed by atoms with Crippen LogP contribution in [0.5, 0.6) is 0 Å². The molecule has 5 heteroatoms. The third-order valence-electron chi connectivity index (χ3n) is 3.24. The monoisotopic (exact) mass is 266 g/mol. The number of hydrogen-bond donors (Lipinski definition) is 3. The number of anilines is 1. The van der Waals surface area contributed by atoms with E-state index in [1.165, 1.54) is 12.8 Å². The van der Waals surface area contributed by atoms with Crippen molar-refractivity contribution in [2.75, 3.05) is 5.73 Å². The molecule has 0 saturated heterocycles. The summed E-state index contributed by atoms with van der Waals surface area (Å²) in [7, 11) is 0. The van der Waals surface area contributed by atoms with E-state index >= 15 is 0 Å². The van der Waals surface area contributed by atoms with Crippen molar-refractivity contribution >= 4 is 11.6 Å². The summed E-state index contributed by atoms with van der Waals surface area (Å²) in [5.41, 5.74) is 7.55. The predicted molar refractivity (Wildman–Crippen MR) is 78.2 cm³/mol. The van der Waals surface area contributed by atoms with Crippen LogP contribution < -0.4 is 11.1 Å². The number of amides is 1. The van der Waals surface area contributed by atoms with E-state index in [0.29, 0.717) is 11.4 Å². The molecule has 0 aliphatic carbocycles. The van der Waals surface area contributed by atoms with E-state index < -0.39 is 0 Å². The molecule has 0 aliphatic heterocycles. The van der Waals surface area contributed by atoms with Crippen molar-refractivity contribution in [2.24, 2.45) is 0 Å². The van der Waals surface area contributed by atoms with Crippen molar-refractivity contribution in [3.63, 3.8) is 0 Å². The van der Waals surface area contributed by atoms with Crippen LogP contribution >= 0.6 is 0 Å². The highest BCUT2D eigenvalue weighted by Gasteiger charge is 2.19. The molecule has 0 saturated carbocycles. The fourth-order valence-corrected chi connectivity index (χ4v) is 2.04. The average Bonchev–Trinajstić information content (AvgIpc) is 2.71. The first-order chi connectivity index (χ1) is 8.97. The molecule has 0 aromatic carbocycles. The third kappa shape index (κ3) is 4.26. The number of nitrogens with zero attached hydrogens (tertiary/aromatic N) is 1. The molecule has 1 aromatic heterocycles. The lowest BCUT2D eigenvalue weighted by Crippen LogP contribution is -2.33. The molecule has 0 spiro atoms. The third-order valence-corrected chi connectivity index (χ3v) is 3.24. The molecular formula is C14H26N4O. The van der Waals surface area contributed by atoms with Gasteiger partial charge in [-0.1, -0.05) is 40.0 Å². The molecule has 1 atom stereocenters. The molecule has 19 heavy (non-hydrogen) atoms. The largest absolute Gasteiger partial charge is 0.395 e. The maximum atomic E-state index is 12.1. The van der Waals surface area contributed by atoms with Crippen LogP contribution in [0, 0.1) is 0 Å². The molecule has 1 amide bonds. The highest BCUT2D eigenvalue weighted by atomic mass is 16.2. The van der Waals surface area contributed by atoms with Gasteiger partial charge >= 0.3 is 0 Å². The molecule has 0 radical (unpaired) electrons. The van der Waals surface area contributed by atoms with E-state index in [2.05, 4.69) is 22.4 Å². The normalized spacial score (nSPS) is 12.7. The summed E-state index contributed by atoms with van der Waals surface area (Å²) in [5.74, 6) is 0.0423. The van der Waals surface area contributed by atoms with E-state index in [0.717, 1.165) is 18.5 Å². The fraction of sp³-hybridized carbons (Fsp3) is 0.714. The van der Waals surface area contributed by atoms with Crippen molar-refractivity contribution in [1.29, 1.82) is 0 Å². The van der Waals surface area contributed by atoms with Crippen LogP contribution in [0.3, 0.4) is 0 Å². The maximum absolute atomic E-state index is 12.1. The maximum Gasteiger partial charge on any atom is 0.274 e. The van der Waals surface area contributed by atoms with Gasteiger partial charge in [-0.2, -0.15) is 5.10 Å². The number of rotatable bonds is 7. The lowest BCUT2D eigenvalue weighted by atomic mass is 10.1. The number of nitrogens with two attached hydrogens (primary N) is 1.